The largest absolute Gasteiger partial charge is 0.346 e. The first-order valence-electron chi connectivity index (χ1n) is 6.33. The Hall–Kier alpha value is -1.66. The van der Waals surface area contributed by atoms with E-state index in [0.717, 1.165) is 49.5 Å². The van der Waals surface area contributed by atoms with Crippen molar-refractivity contribution < 1.29 is 0 Å². The summed E-state index contributed by atoms with van der Waals surface area (Å²) in [5, 5.41) is 8.95. The third kappa shape index (κ3) is 2.04. The van der Waals surface area contributed by atoms with E-state index in [0.29, 0.717) is 0 Å². The molecule has 0 aromatic carbocycles. The number of H-pyrrole nitrogens is 1. The minimum absolute atomic E-state index is 0.889. The number of fused-ring (bicyclic) bond motifs is 1. The summed E-state index contributed by atoms with van der Waals surface area (Å²) in [6.45, 7) is 4.17. The second-order valence-electron chi connectivity index (χ2n) is 4.52. The van der Waals surface area contributed by atoms with Gasteiger partial charge in [0.2, 0.25) is 0 Å². The molecule has 2 aromatic heterocycles. The number of hydrazine groups is 1. The summed E-state index contributed by atoms with van der Waals surface area (Å²) in [4.78, 5) is 11.8. The molecule has 0 radical (unpaired) electrons. The zero-order valence-electron chi connectivity index (χ0n) is 10.6. The number of rotatable bonds is 2. The van der Waals surface area contributed by atoms with E-state index in [1.54, 1.807) is 6.33 Å². The average Bonchev–Trinajstić information content (AvgIpc) is 2.71. The molecule has 0 atom stereocenters. The van der Waals surface area contributed by atoms with E-state index in [4.69, 9.17) is 0 Å². The van der Waals surface area contributed by atoms with Crippen LogP contribution in [0.1, 0.15) is 6.42 Å². The van der Waals surface area contributed by atoms with Crippen LogP contribution in [-0.4, -0.2) is 53.2 Å². The smallest absolute Gasteiger partial charge is 0.155 e. The zero-order valence-corrected chi connectivity index (χ0v) is 10.6. The van der Waals surface area contributed by atoms with Crippen LogP contribution in [0.3, 0.4) is 0 Å². The van der Waals surface area contributed by atoms with Gasteiger partial charge in [0.15, 0.2) is 5.82 Å². The average molecular weight is 246 g/mol. The Bertz CT molecular complexity index is 514. The predicted octanol–water partition coefficient (Wildman–Crippen LogP) is 0.604. The van der Waals surface area contributed by atoms with Crippen LogP contribution in [0.25, 0.3) is 11.0 Å². The molecule has 3 rings (SSSR count). The second-order valence-corrected chi connectivity index (χ2v) is 4.52. The summed E-state index contributed by atoms with van der Waals surface area (Å²) in [7, 11) is 2.07. The van der Waals surface area contributed by atoms with Crippen LogP contribution in [0.2, 0.25) is 0 Å². The van der Waals surface area contributed by atoms with E-state index in [-0.39, 0.29) is 0 Å². The molecule has 3 heterocycles. The van der Waals surface area contributed by atoms with Crippen LogP contribution in [0.4, 0.5) is 5.82 Å². The van der Waals surface area contributed by atoms with E-state index >= 15 is 0 Å². The maximum Gasteiger partial charge on any atom is 0.155 e. The summed E-state index contributed by atoms with van der Waals surface area (Å²) >= 11 is 0. The standard InChI is InChI=1S/C12H18N6/c1-17(18-7-2-4-13-6-8-18)12-10-3-5-14-11(10)15-9-16-12/h3,5,9,13H,2,4,6-8H2,1H3,(H,14,15,16). The van der Waals surface area contributed by atoms with Gasteiger partial charge in [0.1, 0.15) is 12.0 Å². The first-order chi connectivity index (χ1) is 8.86. The molecule has 6 nitrogen and oxygen atoms in total. The fraction of sp³-hybridized carbons (Fsp3) is 0.500. The van der Waals surface area contributed by atoms with Gasteiger partial charge >= 0.3 is 0 Å². The molecule has 6 heteroatoms. The first kappa shape index (κ1) is 11.4. The van der Waals surface area contributed by atoms with E-state index in [1.165, 1.54) is 0 Å². The van der Waals surface area contributed by atoms with E-state index in [1.807, 2.05) is 12.3 Å². The molecule has 0 spiro atoms. The highest BCUT2D eigenvalue weighted by atomic mass is 15.6. The molecule has 0 unspecified atom stereocenters. The number of aromatic amines is 1. The molecule has 0 saturated carbocycles. The molecule has 1 fully saturated rings. The molecule has 2 N–H and O–H groups in total. The topological polar surface area (TPSA) is 60.1 Å². The van der Waals surface area contributed by atoms with E-state index < -0.39 is 0 Å². The van der Waals surface area contributed by atoms with Crippen molar-refractivity contribution >= 4 is 16.9 Å². The lowest BCUT2D eigenvalue weighted by Gasteiger charge is -2.31. The Kier molecular flexibility index (Phi) is 3.12. The van der Waals surface area contributed by atoms with Gasteiger partial charge in [0.25, 0.3) is 0 Å². The summed E-state index contributed by atoms with van der Waals surface area (Å²) < 4.78 is 0. The third-order valence-electron chi connectivity index (χ3n) is 3.38. The Labute approximate surface area is 106 Å². The van der Waals surface area contributed by atoms with Crippen LogP contribution in [0.5, 0.6) is 0 Å². The van der Waals surface area contributed by atoms with Crippen molar-refractivity contribution in [2.75, 3.05) is 38.2 Å². The molecule has 18 heavy (non-hydrogen) atoms. The van der Waals surface area contributed by atoms with Gasteiger partial charge in [-0.2, -0.15) is 0 Å². The van der Waals surface area contributed by atoms with Crippen molar-refractivity contribution in [2.45, 2.75) is 6.42 Å². The van der Waals surface area contributed by atoms with Crippen molar-refractivity contribution in [3.8, 4) is 0 Å². The molecule has 2 aromatic rings. The molecular formula is C12H18N6. The fourth-order valence-corrected chi connectivity index (χ4v) is 2.38. The SMILES string of the molecule is CN(c1ncnc2[nH]ccc12)N1CCCNCC1. The van der Waals surface area contributed by atoms with Crippen LogP contribution in [-0.2, 0) is 0 Å². The Morgan fingerprint density at radius 2 is 2.22 bits per heavy atom. The minimum Gasteiger partial charge on any atom is -0.346 e. The molecular weight excluding hydrogens is 228 g/mol. The summed E-state index contributed by atoms with van der Waals surface area (Å²) in [5.74, 6) is 0.961. The molecule has 96 valence electrons. The molecule has 0 amide bonds. The van der Waals surface area contributed by atoms with Gasteiger partial charge in [-0.25, -0.2) is 15.0 Å². The maximum atomic E-state index is 4.42. The zero-order chi connectivity index (χ0) is 12.4. The first-order valence-corrected chi connectivity index (χ1v) is 6.33. The monoisotopic (exact) mass is 246 g/mol. The highest BCUT2D eigenvalue weighted by Gasteiger charge is 2.17. The van der Waals surface area contributed by atoms with Crippen molar-refractivity contribution in [1.29, 1.82) is 0 Å². The van der Waals surface area contributed by atoms with Crippen molar-refractivity contribution in [3.05, 3.63) is 18.6 Å². The third-order valence-corrected chi connectivity index (χ3v) is 3.38. The van der Waals surface area contributed by atoms with E-state index in [9.17, 15) is 0 Å². The molecule has 1 aliphatic heterocycles. The summed E-state index contributed by atoms with van der Waals surface area (Å²) in [5.41, 5.74) is 0.889. The van der Waals surface area contributed by atoms with Crippen molar-refractivity contribution in [1.82, 2.24) is 25.3 Å². The molecule has 1 aliphatic rings. The minimum atomic E-state index is 0.889. The number of nitrogens with zero attached hydrogens (tertiary/aromatic N) is 4. The number of aromatic nitrogens is 3. The lowest BCUT2D eigenvalue weighted by Crippen LogP contribution is -2.42. The number of hydrogen-bond donors (Lipinski definition) is 2. The Morgan fingerprint density at radius 1 is 1.28 bits per heavy atom. The maximum absolute atomic E-state index is 4.42. The van der Waals surface area contributed by atoms with Gasteiger partial charge in [0, 0.05) is 32.9 Å². The number of hydrogen-bond acceptors (Lipinski definition) is 5. The highest BCUT2D eigenvalue weighted by molar-refractivity contribution is 5.86. The Morgan fingerprint density at radius 3 is 3.17 bits per heavy atom. The van der Waals surface area contributed by atoms with Gasteiger partial charge in [-0.1, -0.05) is 0 Å². The van der Waals surface area contributed by atoms with Gasteiger partial charge in [-0.3, -0.25) is 5.01 Å². The van der Waals surface area contributed by atoms with Crippen molar-refractivity contribution in [2.24, 2.45) is 0 Å². The fourth-order valence-electron chi connectivity index (χ4n) is 2.38. The summed E-state index contributed by atoms with van der Waals surface area (Å²) in [6, 6.07) is 2.03. The van der Waals surface area contributed by atoms with Crippen LogP contribution in [0.15, 0.2) is 18.6 Å². The van der Waals surface area contributed by atoms with Gasteiger partial charge in [-0.15, -0.1) is 0 Å². The Balaban J connectivity index is 1.90. The lowest BCUT2D eigenvalue weighted by molar-refractivity contribution is 0.281. The van der Waals surface area contributed by atoms with Gasteiger partial charge < -0.3 is 10.3 Å². The van der Waals surface area contributed by atoms with Gasteiger partial charge in [0.05, 0.1) is 5.39 Å². The predicted molar refractivity (Wildman–Crippen MR) is 71.4 cm³/mol. The molecule has 0 aliphatic carbocycles. The molecule has 1 saturated heterocycles. The number of anilines is 1. The quantitative estimate of drug-likeness (QED) is 0.813. The van der Waals surface area contributed by atoms with E-state index in [2.05, 4.69) is 37.3 Å². The van der Waals surface area contributed by atoms with Crippen LogP contribution >= 0.6 is 0 Å². The normalized spacial score (nSPS) is 17.8. The lowest BCUT2D eigenvalue weighted by atomic mass is 10.3. The molecule has 0 bridgehead atoms. The summed E-state index contributed by atoms with van der Waals surface area (Å²) in [6.07, 6.45) is 4.67. The van der Waals surface area contributed by atoms with Crippen LogP contribution < -0.4 is 10.3 Å². The van der Waals surface area contributed by atoms with Crippen LogP contribution in [0, 0.1) is 0 Å². The highest BCUT2D eigenvalue weighted by Crippen LogP contribution is 2.22. The van der Waals surface area contributed by atoms with Gasteiger partial charge in [-0.05, 0) is 19.0 Å². The van der Waals surface area contributed by atoms with Crippen molar-refractivity contribution in [3.63, 3.8) is 0 Å². The number of nitrogens with one attached hydrogen (secondary N) is 2. The second kappa shape index (κ2) is 4.91.